The number of pyridine rings is 1. The van der Waals surface area contributed by atoms with E-state index < -0.39 is 0 Å². The zero-order valence-electron chi connectivity index (χ0n) is 19.0. The van der Waals surface area contributed by atoms with Crippen molar-refractivity contribution in [1.82, 2.24) is 19.8 Å². The molecule has 2 aromatic heterocycles. The van der Waals surface area contributed by atoms with E-state index in [1.165, 1.54) is 43.7 Å². The van der Waals surface area contributed by atoms with Crippen LogP contribution >= 0.6 is 22.9 Å². The maximum Gasteiger partial charge on any atom is 0.244 e. The molecular weight excluding hydrogens is 456 g/mol. The number of fused-ring (bicyclic) bond motifs is 1. The highest BCUT2D eigenvalue weighted by atomic mass is 35.5. The molecule has 9 heteroatoms. The van der Waals surface area contributed by atoms with Gasteiger partial charge in [0, 0.05) is 24.3 Å². The van der Waals surface area contributed by atoms with Gasteiger partial charge in [-0.1, -0.05) is 22.9 Å². The number of halogens is 1. The first-order chi connectivity index (χ1) is 16.0. The van der Waals surface area contributed by atoms with Crippen LogP contribution in [0, 0.1) is 5.92 Å². The lowest BCUT2D eigenvalue weighted by molar-refractivity contribution is -0.116. The second kappa shape index (κ2) is 9.54. The van der Waals surface area contributed by atoms with E-state index in [-0.39, 0.29) is 11.9 Å². The first-order valence-corrected chi connectivity index (χ1v) is 12.7. The Labute approximate surface area is 203 Å². The summed E-state index contributed by atoms with van der Waals surface area (Å²) < 4.78 is 0. The van der Waals surface area contributed by atoms with Crippen molar-refractivity contribution in [1.29, 1.82) is 0 Å². The normalized spacial score (nSPS) is 21.3. The lowest BCUT2D eigenvalue weighted by Crippen LogP contribution is -2.31. The molecule has 1 aromatic carbocycles. The molecule has 33 heavy (non-hydrogen) atoms. The number of aromatic nitrogens is 2. The third kappa shape index (κ3) is 5.30. The number of thiazole rings is 1. The Kier molecular flexibility index (Phi) is 6.51. The molecule has 0 saturated carbocycles. The summed E-state index contributed by atoms with van der Waals surface area (Å²) in [7, 11) is 4.16. The Morgan fingerprint density at radius 2 is 1.94 bits per heavy atom. The summed E-state index contributed by atoms with van der Waals surface area (Å²) in [5.74, 6) is 1.64. The first kappa shape index (κ1) is 22.5. The van der Waals surface area contributed by atoms with Crippen LogP contribution in [-0.4, -0.2) is 72.0 Å². The van der Waals surface area contributed by atoms with Crippen LogP contribution in [0.25, 0.3) is 10.3 Å². The fourth-order valence-electron chi connectivity index (χ4n) is 4.40. The minimum absolute atomic E-state index is 0.0252. The average Bonchev–Trinajstić information content (AvgIpc) is 3.49. The van der Waals surface area contributed by atoms with Gasteiger partial charge in [-0.05, 0) is 88.3 Å². The largest absolute Gasteiger partial charge is 0.329 e. The maximum atomic E-state index is 12.7. The summed E-state index contributed by atoms with van der Waals surface area (Å²) >= 11 is 7.41. The Hall–Kier alpha value is -2.26. The molecule has 7 nitrogen and oxygen atoms in total. The summed E-state index contributed by atoms with van der Waals surface area (Å²) in [6.07, 6.45) is 3.73. The number of hydrogen-bond acceptors (Lipinski definition) is 7. The number of carbonyl (C=O) groups is 1. The molecule has 2 saturated heterocycles. The van der Waals surface area contributed by atoms with Crippen molar-refractivity contribution in [2.75, 3.05) is 50.5 Å². The topological polar surface area (TPSA) is 64.4 Å². The molecular formula is C24H29ClN6OS. The molecule has 2 fully saturated rings. The van der Waals surface area contributed by atoms with Crippen LogP contribution in [0.3, 0.4) is 0 Å². The SMILES string of the molecule is CN1CCC(CCN2CC2C(=O)Nc2nc3ccc(N(C)c4ccc(Cl)cc4)nc3s2)CC1. The Balaban J connectivity index is 1.17. The summed E-state index contributed by atoms with van der Waals surface area (Å²) in [5.41, 5.74) is 1.79. The number of nitrogens with zero attached hydrogens (tertiary/aromatic N) is 5. The molecule has 2 aliphatic rings. The van der Waals surface area contributed by atoms with Gasteiger partial charge in [0.25, 0.3) is 0 Å². The number of benzene rings is 1. The van der Waals surface area contributed by atoms with Crippen molar-refractivity contribution in [3.63, 3.8) is 0 Å². The van der Waals surface area contributed by atoms with Gasteiger partial charge in [0.05, 0.1) is 0 Å². The Morgan fingerprint density at radius 3 is 2.70 bits per heavy atom. The van der Waals surface area contributed by atoms with Gasteiger partial charge in [0.2, 0.25) is 5.91 Å². The third-order valence-electron chi connectivity index (χ3n) is 6.71. The van der Waals surface area contributed by atoms with E-state index in [9.17, 15) is 4.79 Å². The van der Waals surface area contributed by atoms with Crippen molar-refractivity contribution in [3.05, 3.63) is 41.4 Å². The van der Waals surface area contributed by atoms with Gasteiger partial charge in [-0.25, -0.2) is 9.97 Å². The highest BCUT2D eigenvalue weighted by molar-refractivity contribution is 7.22. The van der Waals surface area contributed by atoms with Crippen LogP contribution in [0.2, 0.25) is 5.02 Å². The molecule has 0 radical (unpaired) electrons. The van der Waals surface area contributed by atoms with Crippen LogP contribution in [0.15, 0.2) is 36.4 Å². The van der Waals surface area contributed by atoms with E-state index in [0.29, 0.717) is 10.2 Å². The summed E-state index contributed by atoms with van der Waals surface area (Å²) in [5, 5.41) is 4.32. The summed E-state index contributed by atoms with van der Waals surface area (Å²) in [4.78, 5) is 29.5. The number of anilines is 3. The molecule has 4 heterocycles. The minimum Gasteiger partial charge on any atom is -0.329 e. The molecule has 1 N–H and O–H groups in total. The fourth-order valence-corrected chi connectivity index (χ4v) is 5.37. The van der Waals surface area contributed by atoms with Crippen LogP contribution in [0.5, 0.6) is 0 Å². The summed E-state index contributed by atoms with van der Waals surface area (Å²) in [6.45, 7) is 4.24. The van der Waals surface area contributed by atoms with Gasteiger partial charge in [0.1, 0.15) is 22.2 Å². The Morgan fingerprint density at radius 1 is 1.18 bits per heavy atom. The van der Waals surface area contributed by atoms with Crippen LogP contribution in [-0.2, 0) is 4.79 Å². The summed E-state index contributed by atoms with van der Waals surface area (Å²) in [6, 6.07) is 11.5. The number of likely N-dealkylation sites (tertiary alicyclic amines) is 1. The van der Waals surface area contributed by atoms with Crippen LogP contribution < -0.4 is 10.2 Å². The number of carbonyl (C=O) groups excluding carboxylic acids is 1. The van der Waals surface area contributed by atoms with Gasteiger partial charge >= 0.3 is 0 Å². The smallest absolute Gasteiger partial charge is 0.244 e. The van der Waals surface area contributed by atoms with Crippen molar-refractivity contribution in [3.8, 4) is 0 Å². The standard InChI is InChI=1S/C24H29ClN6OS/c1-29-12-9-16(10-13-29)11-14-31-15-20(31)22(32)28-24-26-19-7-8-21(27-23(19)33-24)30(2)18-5-3-17(25)4-6-18/h3-8,16,20H,9-15H2,1-2H3,(H,26,28,32). The molecule has 1 amide bonds. The molecule has 174 valence electrons. The van der Waals surface area contributed by atoms with Gasteiger partial charge in [-0.3, -0.25) is 9.69 Å². The third-order valence-corrected chi connectivity index (χ3v) is 7.84. The molecule has 2 atom stereocenters. The molecule has 5 rings (SSSR count). The van der Waals surface area contributed by atoms with Gasteiger partial charge in [0.15, 0.2) is 5.13 Å². The van der Waals surface area contributed by atoms with Crippen LogP contribution in [0.4, 0.5) is 16.6 Å². The zero-order chi connectivity index (χ0) is 22.9. The van der Waals surface area contributed by atoms with E-state index in [2.05, 4.69) is 27.1 Å². The van der Waals surface area contributed by atoms with E-state index in [0.717, 1.165) is 40.9 Å². The van der Waals surface area contributed by atoms with Crippen LogP contribution in [0.1, 0.15) is 19.3 Å². The highest BCUT2D eigenvalue weighted by Crippen LogP contribution is 2.30. The van der Waals surface area contributed by atoms with Gasteiger partial charge in [-0.15, -0.1) is 0 Å². The molecule has 0 aliphatic carbocycles. The van der Waals surface area contributed by atoms with E-state index >= 15 is 0 Å². The molecule has 0 spiro atoms. The van der Waals surface area contributed by atoms with Crippen molar-refractivity contribution >= 4 is 55.8 Å². The number of amides is 1. The monoisotopic (exact) mass is 484 g/mol. The Bertz CT molecular complexity index is 1130. The van der Waals surface area contributed by atoms with Crippen molar-refractivity contribution < 1.29 is 4.79 Å². The van der Waals surface area contributed by atoms with Crippen molar-refractivity contribution in [2.24, 2.45) is 5.92 Å². The predicted octanol–water partition coefficient (Wildman–Crippen LogP) is 4.47. The lowest BCUT2D eigenvalue weighted by atomic mass is 9.94. The average molecular weight is 485 g/mol. The first-order valence-electron chi connectivity index (χ1n) is 11.5. The van der Waals surface area contributed by atoms with Gasteiger partial charge < -0.3 is 15.1 Å². The zero-order valence-corrected chi connectivity index (χ0v) is 20.6. The number of hydrogen-bond donors (Lipinski definition) is 1. The second-order valence-electron chi connectivity index (χ2n) is 9.08. The molecule has 2 aliphatic heterocycles. The molecule has 0 bridgehead atoms. The molecule has 3 aromatic rings. The number of nitrogens with one attached hydrogen (secondary N) is 1. The quantitative estimate of drug-likeness (QED) is 0.499. The van der Waals surface area contributed by atoms with Crippen molar-refractivity contribution in [2.45, 2.75) is 25.3 Å². The van der Waals surface area contributed by atoms with E-state index in [1.807, 2.05) is 48.3 Å². The van der Waals surface area contributed by atoms with Gasteiger partial charge in [-0.2, -0.15) is 0 Å². The molecule has 2 unspecified atom stereocenters. The second-order valence-corrected chi connectivity index (χ2v) is 10.5. The fraction of sp³-hybridized carbons (Fsp3) is 0.458. The highest BCUT2D eigenvalue weighted by Gasteiger charge is 2.40. The van der Waals surface area contributed by atoms with E-state index in [1.54, 1.807) is 0 Å². The number of rotatable bonds is 7. The number of piperidine rings is 1. The minimum atomic E-state index is -0.0252. The van der Waals surface area contributed by atoms with E-state index in [4.69, 9.17) is 16.6 Å². The maximum absolute atomic E-state index is 12.7. The lowest BCUT2D eigenvalue weighted by Gasteiger charge is -2.28. The predicted molar refractivity (Wildman–Crippen MR) is 136 cm³/mol.